The van der Waals surface area contributed by atoms with Crippen molar-refractivity contribution in [1.29, 1.82) is 0 Å². The van der Waals surface area contributed by atoms with Crippen LogP contribution in [0.15, 0.2) is 18.2 Å². The fourth-order valence-corrected chi connectivity index (χ4v) is 1.94. The molecule has 1 aliphatic rings. The van der Waals surface area contributed by atoms with Gasteiger partial charge in [-0.3, -0.25) is 0 Å². The summed E-state index contributed by atoms with van der Waals surface area (Å²) in [5.74, 6) is 2.27. The van der Waals surface area contributed by atoms with E-state index >= 15 is 0 Å². The Morgan fingerprint density at radius 1 is 1.53 bits per heavy atom. The molecule has 0 bridgehead atoms. The smallest absolute Gasteiger partial charge is 0.123 e. The van der Waals surface area contributed by atoms with Crippen LogP contribution < -0.4 is 15.2 Å². The molecular formula is C12H17NO2. The van der Waals surface area contributed by atoms with Crippen LogP contribution in [-0.4, -0.2) is 19.8 Å². The molecule has 0 saturated heterocycles. The van der Waals surface area contributed by atoms with E-state index in [0.717, 1.165) is 24.5 Å². The Morgan fingerprint density at radius 2 is 2.40 bits per heavy atom. The second kappa shape index (κ2) is 4.53. The summed E-state index contributed by atoms with van der Waals surface area (Å²) in [6.45, 7) is 4.11. The van der Waals surface area contributed by atoms with Gasteiger partial charge in [-0.2, -0.15) is 0 Å². The molecule has 1 aromatic rings. The van der Waals surface area contributed by atoms with Crippen molar-refractivity contribution in [3.63, 3.8) is 0 Å². The maximum Gasteiger partial charge on any atom is 0.123 e. The lowest BCUT2D eigenvalue weighted by Gasteiger charge is -2.25. The van der Waals surface area contributed by atoms with Crippen molar-refractivity contribution in [2.45, 2.75) is 19.3 Å². The summed E-state index contributed by atoms with van der Waals surface area (Å²) in [5, 5.41) is 0. The average Bonchev–Trinajstić information content (AvgIpc) is 2.28. The summed E-state index contributed by atoms with van der Waals surface area (Å²) >= 11 is 0. The van der Waals surface area contributed by atoms with Crippen molar-refractivity contribution in [3.05, 3.63) is 23.8 Å². The highest BCUT2D eigenvalue weighted by Crippen LogP contribution is 2.35. The average molecular weight is 207 g/mol. The van der Waals surface area contributed by atoms with Gasteiger partial charge in [0.1, 0.15) is 11.5 Å². The molecule has 0 aromatic heterocycles. The first-order valence-electron chi connectivity index (χ1n) is 5.44. The van der Waals surface area contributed by atoms with Gasteiger partial charge < -0.3 is 15.2 Å². The molecule has 3 heteroatoms. The van der Waals surface area contributed by atoms with Crippen molar-refractivity contribution in [1.82, 2.24) is 0 Å². The molecular weight excluding hydrogens is 190 g/mol. The number of benzene rings is 1. The molecule has 0 amide bonds. The van der Waals surface area contributed by atoms with Crippen LogP contribution in [0.3, 0.4) is 0 Å². The van der Waals surface area contributed by atoms with E-state index in [1.165, 1.54) is 5.56 Å². The van der Waals surface area contributed by atoms with Crippen molar-refractivity contribution < 1.29 is 9.47 Å². The zero-order valence-electron chi connectivity index (χ0n) is 9.03. The highest BCUT2D eigenvalue weighted by Gasteiger charge is 2.20. The van der Waals surface area contributed by atoms with Gasteiger partial charge in [0.2, 0.25) is 0 Å². The van der Waals surface area contributed by atoms with Gasteiger partial charge in [0, 0.05) is 11.5 Å². The summed E-state index contributed by atoms with van der Waals surface area (Å²) in [4.78, 5) is 0. The summed E-state index contributed by atoms with van der Waals surface area (Å²) in [5.41, 5.74) is 6.94. The second-order valence-corrected chi connectivity index (χ2v) is 3.70. The minimum Gasteiger partial charge on any atom is -0.494 e. The normalized spacial score (nSPS) is 19.2. The number of rotatable bonds is 3. The maximum absolute atomic E-state index is 5.75. The highest BCUT2D eigenvalue weighted by atomic mass is 16.5. The van der Waals surface area contributed by atoms with E-state index in [9.17, 15) is 0 Å². The molecule has 82 valence electrons. The van der Waals surface area contributed by atoms with E-state index in [-0.39, 0.29) is 0 Å². The van der Waals surface area contributed by atoms with E-state index in [1.807, 2.05) is 19.1 Å². The predicted octanol–water partition coefficient (Wildman–Crippen LogP) is 1.91. The fourth-order valence-electron chi connectivity index (χ4n) is 1.94. The Kier molecular flexibility index (Phi) is 3.11. The number of hydrogen-bond acceptors (Lipinski definition) is 3. The monoisotopic (exact) mass is 207 g/mol. The van der Waals surface area contributed by atoms with Gasteiger partial charge in [-0.25, -0.2) is 0 Å². The first kappa shape index (κ1) is 10.3. The molecule has 0 radical (unpaired) electrons. The first-order chi connectivity index (χ1) is 7.35. The van der Waals surface area contributed by atoms with Crippen LogP contribution in [0.1, 0.15) is 24.8 Å². The van der Waals surface area contributed by atoms with E-state index in [0.29, 0.717) is 19.1 Å². The van der Waals surface area contributed by atoms with E-state index in [1.54, 1.807) is 0 Å². The van der Waals surface area contributed by atoms with E-state index in [2.05, 4.69) is 6.07 Å². The molecule has 0 aliphatic carbocycles. The van der Waals surface area contributed by atoms with Crippen LogP contribution in [0.25, 0.3) is 0 Å². The van der Waals surface area contributed by atoms with Crippen molar-refractivity contribution in [2.24, 2.45) is 5.73 Å². The molecule has 1 heterocycles. The Morgan fingerprint density at radius 3 is 3.13 bits per heavy atom. The van der Waals surface area contributed by atoms with Gasteiger partial charge in [-0.1, -0.05) is 0 Å². The van der Waals surface area contributed by atoms with Crippen molar-refractivity contribution in [3.8, 4) is 11.5 Å². The first-order valence-corrected chi connectivity index (χ1v) is 5.44. The molecule has 3 nitrogen and oxygen atoms in total. The number of fused-ring (bicyclic) bond motifs is 1. The number of ether oxygens (including phenoxy) is 2. The second-order valence-electron chi connectivity index (χ2n) is 3.70. The summed E-state index contributed by atoms with van der Waals surface area (Å²) in [6, 6.07) is 5.97. The van der Waals surface area contributed by atoms with Crippen LogP contribution in [0.4, 0.5) is 0 Å². The fraction of sp³-hybridized carbons (Fsp3) is 0.500. The predicted molar refractivity (Wildman–Crippen MR) is 59.5 cm³/mol. The van der Waals surface area contributed by atoms with Gasteiger partial charge >= 0.3 is 0 Å². The Bertz CT molecular complexity index is 338. The molecule has 1 aliphatic heterocycles. The van der Waals surface area contributed by atoms with Gasteiger partial charge in [-0.15, -0.1) is 0 Å². The lowest BCUT2D eigenvalue weighted by atomic mass is 9.93. The van der Waals surface area contributed by atoms with Crippen molar-refractivity contribution >= 4 is 0 Å². The SMILES string of the molecule is CCOc1ccc2c(c1)C(CN)CCO2. The quantitative estimate of drug-likeness (QED) is 0.823. The standard InChI is InChI=1S/C12H17NO2/c1-2-14-10-3-4-12-11(7-10)9(8-13)5-6-15-12/h3-4,7,9H,2,5-6,8,13H2,1H3. The summed E-state index contributed by atoms with van der Waals surface area (Å²) < 4.78 is 11.0. The molecule has 2 N–H and O–H groups in total. The van der Waals surface area contributed by atoms with Crippen LogP contribution in [-0.2, 0) is 0 Å². The van der Waals surface area contributed by atoms with Gasteiger partial charge in [0.05, 0.1) is 13.2 Å². The minimum absolute atomic E-state index is 0.411. The van der Waals surface area contributed by atoms with Gasteiger partial charge in [0.25, 0.3) is 0 Å². The number of hydrogen-bond donors (Lipinski definition) is 1. The Balaban J connectivity index is 2.30. The van der Waals surface area contributed by atoms with Gasteiger partial charge in [0.15, 0.2) is 0 Å². The lowest BCUT2D eigenvalue weighted by Crippen LogP contribution is -2.20. The zero-order valence-corrected chi connectivity index (χ0v) is 9.03. The lowest BCUT2D eigenvalue weighted by molar-refractivity contribution is 0.266. The maximum atomic E-state index is 5.75. The topological polar surface area (TPSA) is 44.5 Å². The summed E-state index contributed by atoms with van der Waals surface area (Å²) in [6.07, 6.45) is 0.999. The third-order valence-corrected chi connectivity index (χ3v) is 2.74. The van der Waals surface area contributed by atoms with Crippen molar-refractivity contribution in [2.75, 3.05) is 19.8 Å². The highest BCUT2D eigenvalue weighted by molar-refractivity contribution is 5.43. The molecule has 0 spiro atoms. The molecule has 1 aromatic carbocycles. The molecule has 0 saturated carbocycles. The molecule has 1 unspecified atom stereocenters. The molecule has 15 heavy (non-hydrogen) atoms. The van der Waals surface area contributed by atoms with Crippen LogP contribution in [0.2, 0.25) is 0 Å². The van der Waals surface area contributed by atoms with E-state index < -0.39 is 0 Å². The van der Waals surface area contributed by atoms with Crippen LogP contribution in [0, 0.1) is 0 Å². The van der Waals surface area contributed by atoms with E-state index in [4.69, 9.17) is 15.2 Å². The molecule has 0 fully saturated rings. The summed E-state index contributed by atoms with van der Waals surface area (Å²) in [7, 11) is 0. The largest absolute Gasteiger partial charge is 0.494 e. The molecule has 1 atom stereocenters. The third kappa shape index (κ3) is 2.07. The zero-order chi connectivity index (χ0) is 10.7. The Labute approximate surface area is 90.2 Å². The Hall–Kier alpha value is -1.22. The van der Waals surface area contributed by atoms with Crippen LogP contribution >= 0.6 is 0 Å². The number of nitrogens with two attached hydrogens (primary N) is 1. The third-order valence-electron chi connectivity index (χ3n) is 2.74. The van der Waals surface area contributed by atoms with Crippen LogP contribution in [0.5, 0.6) is 11.5 Å². The minimum atomic E-state index is 0.411. The molecule has 2 rings (SSSR count). The van der Waals surface area contributed by atoms with Gasteiger partial charge in [-0.05, 0) is 38.1 Å².